The maximum atomic E-state index is 12.4. The molecule has 9 nitrogen and oxygen atoms in total. The van der Waals surface area contributed by atoms with E-state index in [2.05, 4.69) is 15.8 Å². The molecule has 0 saturated heterocycles. The van der Waals surface area contributed by atoms with E-state index in [1.807, 2.05) is 0 Å². The van der Waals surface area contributed by atoms with Gasteiger partial charge in [-0.05, 0) is 66.2 Å². The molecule has 0 fully saturated rings. The van der Waals surface area contributed by atoms with E-state index in [0.29, 0.717) is 44.8 Å². The van der Waals surface area contributed by atoms with Gasteiger partial charge >= 0.3 is 0 Å². The lowest BCUT2D eigenvalue weighted by Gasteiger charge is -2.11. The molecule has 0 bridgehead atoms. The van der Waals surface area contributed by atoms with Crippen LogP contribution in [0.25, 0.3) is 0 Å². The molecular weight excluding hydrogens is 474 g/mol. The van der Waals surface area contributed by atoms with Crippen molar-refractivity contribution < 1.29 is 28.5 Å². The highest BCUT2D eigenvalue weighted by molar-refractivity contribution is 6.30. The molecule has 35 heavy (non-hydrogen) atoms. The number of carbonyl (C=O) groups excluding carboxylic acids is 2. The zero-order valence-corrected chi connectivity index (χ0v) is 20.1. The molecule has 2 N–H and O–H groups in total. The number of hydrogen-bond acceptors (Lipinski definition) is 7. The van der Waals surface area contributed by atoms with Crippen LogP contribution >= 0.6 is 11.6 Å². The molecule has 0 radical (unpaired) electrons. The van der Waals surface area contributed by atoms with Crippen LogP contribution in [-0.2, 0) is 4.79 Å². The largest absolute Gasteiger partial charge is 0.493 e. The summed E-state index contributed by atoms with van der Waals surface area (Å²) in [6.07, 6.45) is 1.46. The van der Waals surface area contributed by atoms with Gasteiger partial charge in [-0.1, -0.05) is 11.6 Å². The van der Waals surface area contributed by atoms with E-state index in [1.165, 1.54) is 27.5 Å². The Morgan fingerprint density at radius 1 is 0.857 bits per heavy atom. The molecule has 3 aromatic carbocycles. The highest BCUT2D eigenvalue weighted by Crippen LogP contribution is 2.28. The van der Waals surface area contributed by atoms with Gasteiger partial charge in [0.2, 0.25) is 0 Å². The maximum Gasteiger partial charge on any atom is 0.271 e. The average molecular weight is 498 g/mol. The van der Waals surface area contributed by atoms with Crippen LogP contribution in [0.15, 0.2) is 65.8 Å². The number of benzene rings is 3. The Bertz CT molecular complexity index is 1210. The minimum Gasteiger partial charge on any atom is -0.493 e. The number of nitrogens with one attached hydrogen (secondary N) is 2. The van der Waals surface area contributed by atoms with Crippen molar-refractivity contribution in [3.05, 3.63) is 76.8 Å². The molecule has 0 aromatic heterocycles. The summed E-state index contributed by atoms with van der Waals surface area (Å²) in [6.45, 7) is -0.214. The van der Waals surface area contributed by atoms with Gasteiger partial charge in [0.05, 0.1) is 27.5 Å². The normalized spacial score (nSPS) is 10.5. The van der Waals surface area contributed by atoms with Crippen molar-refractivity contribution in [1.82, 2.24) is 5.43 Å². The van der Waals surface area contributed by atoms with Gasteiger partial charge in [-0.15, -0.1) is 0 Å². The fourth-order valence-corrected chi connectivity index (χ4v) is 3.09. The number of hydrazone groups is 1. The summed E-state index contributed by atoms with van der Waals surface area (Å²) in [5.41, 5.74) is 4.07. The molecule has 182 valence electrons. The van der Waals surface area contributed by atoms with E-state index in [-0.39, 0.29) is 12.5 Å². The van der Waals surface area contributed by atoms with Crippen LogP contribution in [0.5, 0.6) is 23.0 Å². The Morgan fingerprint density at radius 2 is 1.51 bits per heavy atom. The second-order valence-electron chi connectivity index (χ2n) is 7.02. The molecule has 0 unspecified atom stereocenters. The molecule has 0 atom stereocenters. The summed E-state index contributed by atoms with van der Waals surface area (Å²) in [7, 11) is 4.49. The van der Waals surface area contributed by atoms with Crippen LogP contribution in [0.4, 0.5) is 5.69 Å². The molecule has 0 aliphatic rings. The molecule has 0 aliphatic carbocycles. The summed E-state index contributed by atoms with van der Waals surface area (Å²) < 4.78 is 21.3. The minimum absolute atomic E-state index is 0.214. The van der Waals surface area contributed by atoms with Crippen LogP contribution < -0.4 is 29.7 Å². The first-order chi connectivity index (χ1) is 16.9. The van der Waals surface area contributed by atoms with Gasteiger partial charge in [0.1, 0.15) is 0 Å². The second-order valence-corrected chi connectivity index (χ2v) is 7.46. The van der Waals surface area contributed by atoms with E-state index in [1.54, 1.807) is 60.7 Å². The Kier molecular flexibility index (Phi) is 8.91. The Labute approximate surface area is 207 Å². The number of rotatable bonds is 10. The van der Waals surface area contributed by atoms with E-state index in [0.717, 1.165) is 0 Å². The molecule has 0 saturated carbocycles. The highest BCUT2D eigenvalue weighted by Gasteiger charge is 2.11. The van der Waals surface area contributed by atoms with Gasteiger partial charge in [0.25, 0.3) is 11.8 Å². The van der Waals surface area contributed by atoms with Crippen LogP contribution in [0.3, 0.4) is 0 Å². The fraction of sp³-hybridized carbons (Fsp3) is 0.160. The molecule has 2 amide bonds. The fourth-order valence-electron chi connectivity index (χ4n) is 2.96. The van der Waals surface area contributed by atoms with Crippen LogP contribution in [-0.4, -0.2) is 46.0 Å². The van der Waals surface area contributed by atoms with Gasteiger partial charge in [-0.2, -0.15) is 5.10 Å². The summed E-state index contributed by atoms with van der Waals surface area (Å²) in [6, 6.07) is 16.6. The summed E-state index contributed by atoms with van der Waals surface area (Å²) in [5, 5.41) is 7.27. The summed E-state index contributed by atoms with van der Waals surface area (Å²) in [5.74, 6) is 0.985. The standard InChI is InChI=1S/C25H24ClN3O6/c1-32-20-11-5-17(13-23(20)34-3)25(31)29-27-14-16-4-10-21(22(12-16)33-2)35-15-24(30)28-19-8-6-18(26)7-9-19/h4-14H,15H2,1-3H3,(H,28,30)(H,29,31)/b27-14+. The van der Waals surface area contributed by atoms with Crippen molar-refractivity contribution in [2.75, 3.05) is 33.3 Å². The quantitative estimate of drug-likeness (QED) is 0.322. The van der Waals surface area contributed by atoms with E-state index in [4.69, 9.17) is 30.5 Å². The summed E-state index contributed by atoms with van der Waals surface area (Å²) >= 11 is 5.84. The lowest BCUT2D eigenvalue weighted by atomic mass is 10.2. The van der Waals surface area contributed by atoms with Crippen molar-refractivity contribution >= 4 is 35.3 Å². The van der Waals surface area contributed by atoms with Gasteiger partial charge in [-0.3, -0.25) is 9.59 Å². The van der Waals surface area contributed by atoms with E-state index in [9.17, 15) is 9.59 Å². The number of carbonyl (C=O) groups is 2. The first-order valence-electron chi connectivity index (χ1n) is 10.3. The molecule has 0 spiro atoms. The highest BCUT2D eigenvalue weighted by atomic mass is 35.5. The molecule has 10 heteroatoms. The first-order valence-corrected chi connectivity index (χ1v) is 10.7. The molecule has 0 heterocycles. The zero-order valence-electron chi connectivity index (χ0n) is 19.3. The smallest absolute Gasteiger partial charge is 0.271 e. The van der Waals surface area contributed by atoms with Crippen LogP contribution in [0.1, 0.15) is 15.9 Å². The predicted octanol–water partition coefficient (Wildman–Crippen LogP) is 4.15. The van der Waals surface area contributed by atoms with Gasteiger partial charge in [0, 0.05) is 16.3 Å². The van der Waals surface area contributed by atoms with Crippen LogP contribution in [0.2, 0.25) is 5.02 Å². The number of nitrogens with zero attached hydrogens (tertiary/aromatic N) is 1. The molecule has 3 rings (SSSR count). The van der Waals surface area contributed by atoms with E-state index >= 15 is 0 Å². The predicted molar refractivity (Wildman–Crippen MR) is 133 cm³/mol. The summed E-state index contributed by atoms with van der Waals surface area (Å²) in [4.78, 5) is 24.5. The number of amides is 2. The van der Waals surface area contributed by atoms with Crippen LogP contribution in [0, 0.1) is 0 Å². The average Bonchev–Trinajstić information content (AvgIpc) is 2.88. The van der Waals surface area contributed by atoms with Crippen molar-refractivity contribution in [3.63, 3.8) is 0 Å². The number of methoxy groups -OCH3 is 3. The minimum atomic E-state index is -0.416. The first kappa shape index (κ1) is 25.4. The van der Waals surface area contributed by atoms with Gasteiger partial charge in [0.15, 0.2) is 29.6 Å². The monoisotopic (exact) mass is 497 g/mol. The second kappa shape index (κ2) is 12.3. The number of halogens is 1. The SMILES string of the molecule is COc1ccc(C(=O)N/N=C/c2ccc(OCC(=O)Nc3ccc(Cl)cc3)c(OC)c2)cc1OC. The van der Waals surface area contributed by atoms with E-state index < -0.39 is 5.91 Å². The Balaban J connectivity index is 1.57. The number of anilines is 1. The number of ether oxygens (including phenoxy) is 4. The third-order valence-corrected chi connectivity index (χ3v) is 4.95. The molecule has 0 aliphatic heterocycles. The third-order valence-electron chi connectivity index (χ3n) is 4.70. The van der Waals surface area contributed by atoms with Crippen molar-refractivity contribution in [1.29, 1.82) is 0 Å². The molecule has 3 aromatic rings. The zero-order chi connectivity index (χ0) is 25.2. The lowest BCUT2D eigenvalue weighted by molar-refractivity contribution is -0.118. The maximum absolute atomic E-state index is 12.4. The van der Waals surface area contributed by atoms with Crippen molar-refractivity contribution in [3.8, 4) is 23.0 Å². The van der Waals surface area contributed by atoms with Crippen molar-refractivity contribution in [2.24, 2.45) is 5.10 Å². The Morgan fingerprint density at radius 3 is 2.20 bits per heavy atom. The van der Waals surface area contributed by atoms with Crippen molar-refractivity contribution in [2.45, 2.75) is 0 Å². The Hall–Kier alpha value is -4.24. The van der Waals surface area contributed by atoms with Gasteiger partial charge in [-0.25, -0.2) is 5.43 Å². The topological polar surface area (TPSA) is 107 Å². The van der Waals surface area contributed by atoms with Gasteiger partial charge < -0.3 is 24.3 Å². The number of hydrogen-bond donors (Lipinski definition) is 2. The third kappa shape index (κ3) is 7.12. The lowest BCUT2D eigenvalue weighted by Crippen LogP contribution is -2.20. The molecular formula is C25H24ClN3O6.